The fraction of sp³-hybridized carbons (Fsp3) is 0.333. The van der Waals surface area contributed by atoms with Crippen molar-refractivity contribution >= 4 is 11.7 Å². The van der Waals surface area contributed by atoms with Crippen LogP contribution in [-0.2, 0) is 0 Å². The van der Waals surface area contributed by atoms with E-state index in [1.54, 1.807) is 0 Å². The average Bonchev–Trinajstić information content (AvgIpc) is 2.85. The lowest BCUT2D eigenvalue weighted by Crippen LogP contribution is -2.34. The second-order valence-electron chi connectivity index (χ2n) is 5.31. The van der Waals surface area contributed by atoms with Crippen molar-refractivity contribution in [1.82, 2.24) is 20.4 Å². The molecule has 0 saturated carbocycles. The van der Waals surface area contributed by atoms with Crippen LogP contribution in [0.3, 0.4) is 0 Å². The third-order valence-electron chi connectivity index (χ3n) is 3.35. The normalized spacial score (nSPS) is 12.4. The van der Waals surface area contributed by atoms with Gasteiger partial charge < -0.3 is 16.0 Å². The Morgan fingerprint density at radius 1 is 1.43 bits per heavy atom. The van der Waals surface area contributed by atoms with Gasteiger partial charge in [0.1, 0.15) is 11.5 Å². The van der Waals surface area contributed by atoms with Crippen molar-refractivity contribution in [2.45, 2.75) is 13.0 Å². The molecule has 21 heavy (non-hydrogen) atoms. The number of rotatable bonds is 5. The van der Waals surface area contributed by atoms with E-state index >= 15 is 0 Å². The van der Waals surface area contributed by atoms with E-state index in [1.165, 1.54) is 17.2 Å². The Morgan fingerprint density at radius 2 is 2.19 bits per heavy atom. The lowest BCUT2D eigenvalue weighted by atomic mass is 10.0. The molecule has 0 saturated heterocycles. The van der Waals surface area contributed by atoms with Crippen LogP contribution in [0.4, 0.5) is 5.82 Å². The predicted molar refractivity (Wildman–Crippen MR) is 82.9 cm³/mol. The number of aryl methyl sites for hydroxylation is 1. The second-order valence-corrected chi connectivity index (χ2v) is 5.31. The van der Waals surface area contributed by atoms with Gasteiger partial charge >= 0.3 is 0 Å². The molecule has 0 aliphatic heterocycles. The molecule has 1 atom stereocenters. The Morgan fingerprint density at radius 3 is 2.76 bits per heavy atom. The Labute approximate surface area is 124 Å². The first kappa shape index (κ1) is 15.1. The largest absolute Gasteiger partial charge is 0.382 e. The van der Waals surface area contributed by atoms with Crippen molar-refractivity contribution in [3.05, 3.63) is 47.2 Å². The Kier molecular flexibility index (Phi) is 4.59. The van der Waals surface area contributed by atoms with Crippen molar-refractivity contribution < 1.29 is 4.79 Å². The van der Waals surface area contributed by atoms with Crippen LogP contribution in [-0.4, -0.2) is 41.6 Å². The molecule has 112 valence electrons. The highest BCUT2D eigenvalue weighted by Gasteiger charge is 2.16. The number of nitrogens with zero attached hydrogens (tertiary/aromatic N) is 2. The van der Waals surface area contributed by atoms with Crippen LogP contribution in [0.5, 0.6) is 0 Å². The zero-order valence-electron chi connectivity index (χ0n) is 12.6. The molecule has 0 bridgehead atoms. The van der Waals surface area contributed by atoms with Crippen LogP contribution in [0.2, 0.25) is 0 Å². The smallest absolute Gasteiger partial charge is 0.269 e. The van der Waals surface area contributed by atoms with Gasteiger partial charge in [0, 0.05) is 12.6 Å². The zero-order chi connectivity index (χ0) is 15.4. The highest BCUT2D eigenvalue weighted by Crippen LogP contribution is 2.18. The zero-order valence-corrected chi connectivity index (χ0v) is 12.6. The summed E-state index contributed by atoms with van der Waals surface area (Å²) in [7, 11) is 3.99. The molecular weight excluding hydrogens is 266 g/mol. The van der Waals surface area contributed by atoms with Gasteiger partial charge in [-0.2, -0.15) is 5.10 Å². The molecule has 2 aromatic rings. The number of hydrogen-bond acceptors (Lipinski definition) is 4. The number of amides is 1. The van der Waals surface area contributed by atoms with E-state index < -0.39 is 0 Å². The standard InChI is InChI=1S/C15H21N5O/c1-10-5-4-6-11(7-10)13(20(2)3)9-17-15(21)12-8-14(16)19-18-12/h4-8,13H,9H2,1-3H3,(H,17,21)(H3,16,18,19). The molecule has 0 spiro atoms. The number of likely N-dealkylation sites (N-methyl/N-ethyl adjacent to an activating group) is 1. The van der Waals surface area contributed by atoms with Crippen LogP contribution < -0.4 is 11.1 Å². The van der Waals surface area contributed by atoms with E-state index in [1.807, 2.05) is 20.2 Å². The van der Waals surface area contributed by atoms with Gasteiger partial charge in [-0.05, 0) is 26.6 Å². The third-order valence-corrected chi connectivity index (χ3v) is 3.35. The predicted octanol–water partition coefficient (Wildman–Crippen LogP) is 1.33. The van der Waals surface area contributed by atoms with Crippen molar-refractivity contribution in [1.29, 1.82) is 0 Å². The van der Waals surface area contributed by atoms with E-state index in [4.69, 9.17) is 5.73 Å². The molecular formula is C15H21N5O. The maximum atomic E-state index is 12.0. The summed E-state index contributed by atoms with van der Waals surface area (Å²) in [6, 6.07) is 9.91. The monoisotopic (exact) mass is 287 g/mol. The summed E-state index contributed by atoms with van der Waals surface area (Å²) in [5, 5.41) is 9.26. The molecule has 1 unspecified atom stereocenters. The number of nitrogen functional groups attached to an aromatic ring is 1. The van der Waals surface area contributed by atoms with Crippen molar-refractivity contribution in [2.24, 2.45) is 0 Å². The van der Waals surface area contributed by atoms with Gasteiger partial charge in [0.05, 0.1) is 6.04 Å². The van der Waals surface area contributed by atoms with Crippen LogP contribution >= 0.6 is 0 Å². The number of carbonyl (C=O) groups excluding carboxylic acids is 1. The molecule has 0 aliphatic rings. The molecule has 6 nitrogen and oxygen atoms in total. The number of nitrogens with two attached hydrogens (primary N) is 1. The Bertz CT molecular complexity index is 620. The van der Waals surface area contributed by atoms with Crippen molar-refractivity contribution in [3.63, 3.8) is 0 Å². The molecule has 1 aromatic heterocycles. The first-order valence-corrected chi connectivity index (χ1v) is 6.79. The Balaban J connectivity index is 2.05. The molecule has 0 fully saturated rings. The number of carbonyl (C=O) groups is 1. The van der Waals surface area contributed by atoms with Crippen LogP contribution in [0.15, 0.2) is 30.3 Å². The number of aromatic nitrogens is 2. The minimum atomic E-state index is -0.210. The van der Waals surface area contributed by atoms with Gasteiger partial charge in [-0.25, -0.2) is 0 Å². The summed E-state index contributed by atoms with van der Waals surface area (Å²) in [6.45, 7) is 2.57. The molecule has 4 N–H and O–H groups in total. The van der Waals surface area contributed by atoms with Gasteiger partial charge in [0.15, 0.2) is 0 Å². The van der Waals surface area contributed by atoms with E-state index in [0.717, 1.165) is 0 Å². The summed E-state index contributed by atoms with van der Waals surface area (Å²) >= 11 is 0. The lowest BCUT2D eigenvalue weighted by molar-refractivity contribution is 0.0937. The SMILES string of the molecule is Cc1cccc(C(CNC(=O)c2cc(N)n[nH]2)N(C)C)c1. The van der Waals surface area contributed by atoms with Crippen molar-refractivity contribution in [2.75, 3.05) is 26.4 Å². The minimum Gasteiger partial charge on any atom is -0.382 e. The molecule has 1 amide bonds. The quantitative estimate of drug-likeness (QED) is 0.774. The maximum Gasteiger partial charge on any atom is 0.269 e. The van der Waals surface area contributed by atoms with Crippen molar-refractivity contribution in [3.8, 4) is 0 Å². The first-order chi connectivity index (χ1) is 9.97. The number of nitrogens with one attached hydrogen (secondary N) is 2. The third kappa shape index (κ3) is 3.82. The number of anilines is 1. The fourth-order valence-electron chi connectivity index (χ4n) is 2.21. The second kappa shape index (κ2) is 6.41. The van der Waals surface area contributed by atoms with E-state index in [9.17, 15) is 4.79 Å². The van der Waals surface area contributed by atoms with E-state index in [2.05, 4.69) is 45.5 Å². The van der Waals surface area contributed by atoms with Gasteiger partial charge in [-0.3, -0.25) is 9.89 Å². The number of aromatic amines is 1. The van der Waals surface area contributed by atoms with Crippen LogP contribution in [0, 0.1) is 6.92 Å². The van der Waals surface area contributed by atoms with Crippen LogP contribution in [0.1, 0.15) is 27.7 Å². The molecule has 6 heteroatoms. The molecule has 0 aliphatic carbocycles. The Hall–Kier alpha value is -2.34. The highest BCUT2D eigenvalue weighted by atomic mass is 16.1. The maximum absolute atomic E-state index is 12.0. The van der Waals surface area contributed by atoms with Gasteiger partial charge in [0.2, 0.25) is 0 Å². The minimum absolute atomic E-state index is 0.106. The number of benzene rings is 1. The van der Waals surface area contributed by atoms with Gasteiger partial charge in [-0.1, -0.05) is 29.8 Å². The number of hydrogen-bond donors (Lipinski definition) is 3. The first-order valence-electron chi connectivity index (χ1n) is 6.79. The fourth-order valence-corrected chi connectivity index (χ4v) is 2.21. The molecule has 2 rings (SSSR count). The van der Waals surface area contributed by atoms with Gasteiger partial charge in [-0.15, -0.1) is 0 Å². The van der Waals surface area contributed by atoms with Crippen LogP contribution in [0.25, 0.3) is 0 Å². The summed E-state index contributed by atoms with van der Waals surface area (Å²) < 4.78 is 0. The molecule has 1 aromatic carbocycles. The molecule has 0 radical (unpaired) electrons. The average molecular weight is 287 g/mol. The van der Waals surface area contributed by atoms with E-state index in [-0.39, 0.29) is 11.9 Å². The summed E-state index contributed by atoms with van der Waals surface area (Å²) in [5.74, 6) is 0.0988. The molecule has 1 heterocycles. The van der Waals surface area contributed by atoms with Gasteiger partial charge in [0.25, 0.3) is 5.91 Å². The summed E-state index contributed by atoms with van der Waals surface area (Å²) in [5.41, 5.74) is 8.24. The topological polar surface area (TPSA) is 87.0 Å². The number of H-pyrrole nitrogens is 1. The van der Waals surface area contributed by atoms with E-state index in [0.29, 0.717) is 18.1 Å². The highest BCUT2D eigenvalue weighted by molar-refractivity contribution is 5.92. The summed E-state index contributed by atoms with van der Waals surface area (Å²) in [4.78, 5) is 14.1. The lowest BCUT2D eigenvalue weighted by Gasteiger charge is -2.25. The summed E-state index contributed by atoms with van der Waals surface area (Å²) in [6.07, 6.45) is 0.